The summed E-state index contributed by atoms with van der Waals surface area (Å²) in [6.07, 6.45) is -0.584. The van der Waals surface area contributed by atoms with Gasteiger partial charge in [-0.3, -0.25) is 4.90 Å². The van der Waals surface area contributed by atoms with Crippen molar-refractivity contribution < 1.29 is 26.0 Å². The lowest BCUT2D eigenvalue weighted by Gasteiger charge is -2.35. The number of oxazole rings is 1. The molecule has 0 amide bonds. The molecule has 13 heteroatoms. The van der Waals surface area contributed by atoms with Crippen molar-refractivity contribution in [3.05, 3.63) is 66.9 Å². The molecule has 5 rings (SSSR count). The molecule has 200 valence electrons. The summed E-state index contributed by atoms with van der Waals surface area (Å²) in [4.78, 5) is 14.2. The maximum Gasteiger partial charge on any atom is 0.418 e. The molecule has 9 nitrogen and oxygen atoms in total. The molecule has 1 aliphatic rings. The van der Waals surface area contributed by atoms with Crippen molar-refractivity contribution in [1.82, 2.24) is 24.2 Å². The fourth-order valence-corrected chi connectivity index (χ4v) is 6.04. The minimum absolute atomic E-state index is 0.157. The van der Waals surface area contributed by atoms with Gasteiger partial charge in [0.05, 0.1) is 22.2 Å². The van der Waals surface area contributed by atoms with E-state index in [1.54, 1.807) is 30.3 Å². The predicted molar refractivity (Wildman–Crippen MR) is 135 cm³/mol. The van der Waals surface area contributed by atoms with Gasteiger partial charge in [-0.05, 0) is 31.2 Å². The van der Waals surface area contributed by atoms with E-state index in [2.05, 4.69) is 25.2 Å². The summed E-state index contributed by atoms with van der Waals surface area (Å²) in [6.45, 7) is 4.10. The Balaban J connectivity index is 1.22. The van der Waals surface area contributed by atoms with E-state index in [4.69, 9.17) is 4.42 Å². The average molecular weight is 547 g/mol. The quantitative estimate of drug-likeness (QED) is 0.369. The van der Waals surface area contributed by atoms with E-state index in [0.29, 0.717) is 49.9 Å². The molecule has 0 radical (unpaired) electrons. The molecule has 38 heavy (non-hydrogen) atoms. The molecule has 1 N–H and O–H groups in total. The zero-order valence-electron chi connectivity index (χ0n) is 20.4. The van der Waals surface area contributed by atoms with Crippen LogP contribution in [0.2, 0.25) is 0 Å². The van der Waals surface area contributed by atoms with Gasteiger partial charge < -0.3 is 9.73 Å². The molecule has 2 aromatic heterocycles. The second-order valence-electron chi connectivity index (χ2n) is 9.07. The first-order valence-electron chi connectivity index (χ1n) is 11.9. The highest BCUT2D eigenvalue weighted by atomic mass is 32.2. The minimum Gasteiger partial charge on any atom is -0.444 e. The molecule has 1 saturated heterocycles. The molecular weight excluding hydrogens is 521 g/mol. The molecule has 1 fully saturated rings. The van der Waals surface area contributed by atoms with Crippen LogP contribution in [-0.4, -0.2) is 71.3 Å². The fourth-order valence-electron chi connectivity index (χ4n) is 4.57. The van der Waals surface area contributed by atoms with Gasteiger partial charge >= 0.3 is 6.18 Å². The van der Waals surface area contributed by atoms with Crippen molar-refractivity contribution in [3.63, 3.8) is 0 Å². The molecule has 0 spiro atoms. The SMILES string of the molecule is CC(CN1CCN(S(=O)(=O)c2cccc(-c3cnco3)c2)CC1)Nc1ncnc2c(C(F)(F)F)cccc12. The van der Waals surface area contributed by atoms with Crippen LogP contribution in [0.4, 0.5) is 19.0 Å². The number of nitrogens with one attached hydrogen (secondary N) is 1. The van der Waals surface area contributed by atoms with Crippen LogP contribution >= 0.6 is 0 Å². The van der Waals surface area contributed by atoms with Gasteiger partial charge in [0.25, 0.3) is 0 Å². The maximum absolute atomic E-state index is 13.4. The summed E-state index contributed by atoms with van der Waals surface area (Å²) < 4.78 is 73.4. The Labute approximate surface area is 217 Å². The number of halogens is 3. The minimum atomic E-state index is -4.52. The van der Waals surface area contributed by atoms with Gasteiger partial charge in [-0.25, -0.2) is 23.4 Å². The third-order valence-electron chi connectivity index (χ3n) is 6.41. The van der Waals surface area contributed by atoms with E-state index < -0.39 is 21.8 Å². The largest absolute Gasteiger partial charge is 0.444 e. The van der Waals surface area contributed by atoms with Gasteiger partial charge in [0, 0.05) is 49.7 Å². The first-order chi connectivity index (χ1) is 18.1. The Morgan fingerprint density at radius 2 is 1.84 bits per heavy atom. The predicted octanol–water partition coefficient (Wildman–Crippen LogP) is 4.11. The maximum atomic E-state index is 13.4. The molecule has 0 saturated carbocycles. The zero-order chi connectivity index (χ0) is 26.9. The van der Waals surface area contributed by atoms with Crippen molar-refractivity contribution in [2.45, 2.75) is 24.0 Å². The first kappa shape index (κ1) is 26.1. The second kappa shape index (κ2) is 10.3. The van der Waals surface area contributed by atoms with Crippen LogP contribution in [0, 0.1) is 0 Å². The highest BCUT2D eigenvalue weighted by Crippen LogP contribution is 2.35. The molecule has 0 aliphatic carbocycles. The highest BCUT2D eigenvalue weighted by Gasteiger charge is 2.34. The third-order valence-corrected chi connectivity index (χ3v) is 8.30. The highest BCUT2D eigenvalue weighted by molar-refractivity contribution is 7.89. The van der Waals surface area contributed by atoms with E-state index >= 15 is 0 Å². The van der Waals surface area contributed by atoms with E-state index in [0.717, 1.165) is 12.4 Å². The van der Waals surface area contributed by atoms with Crippen LogP contribution in [0.15, 0.2) is 70.7 Å². The number of para-hydroxylation sites is 1. The van der Waals surface area contributed by atoms with Crippen molar-refractivity contribution in [1.29, 1.82) is 0 Å². The monoisotopic (exact) mass is 546 g/mol. The van der Waals surface area contributed by atoms with Gasteiger partial charge in [0.1, 0.15) is 12.1 Å². The summed E-state index contributed by atoms with van der Waals surface area (Å²) in [5, 5.41) is 3.48. The van der Waals surface area contributed by atoms with Crippen LogP contribution in [0.3, 0.4) is 0 Å². The molecule has 2 aromatic carbocycles. The van der Waals surface area contributed by atoms with Crippen LogP contribution in [-0.2, 0) is 16.2 Å². The topological polar surface area (TPSA) is 104 Å². The van der Waals surface area contributed by atoms with Gasteiger partial charge in [-0.15, -0.1) is 0 Å². The number of alkyl halides is 3. The lowest BCUT2D eigenvalue weighted by atomic mass is 10.1. The van der Waals surface area contributed by atoms with Gasteiger partial charge in [0.15, 0.2) is 12.2 Å². The standard InChI is InChI=1S/C25H25F3N6O3S/c1-17(32-24-20-6-3-7-21(25(26,27)28)23(20)30-15-31-24)14-33-8-10-34(11-9-33)38(35,36)19-5-2-4-18(12-19)22-13-29-16-37-22/h2-7,12-13,15-17H,8-11,14H2,1H3,(H,30,31,32). The summed E-state index contributed by atoms with van der Waals surface area (Å²) in [6, 6.07) is 10.3. The average Bonchev–Trinajstić information content (AvgIpc) is 3.44. The molecule has 3 heterocycles. The Bertz CT molecular complexity index is 1520. The number of piperazine rings is 1. The number of sulfonamides is 1. The molecule has 4 aromatic rings. The van der Waals surface area contributed by atoms with Crippen molar-refractivity contribution >= 4 is 26.7 Å². The summed E-state index contributed by atoms with van der Waals surface area (Å²) in [5.41, 5.74) is -0.339. The van der Waals surface area contributed by atoms with Gasteiger partial charge in [-0.2, -0.15) is 17.5 Å². The van der Waals surface area contributed by atoms with E-state index in [9.17, 15) is 21.6 Å². The van der Waals surface area contributed by atoms with Gasteiger partial charge in [-0.1, -0.05) is 18.2 Å². The Morgan fingerprint density at radius 3 is 2.55 bits per heavy atom. The van der Waals surface area contributed by atoms with E-state index in [1.807, 2.05) is 6.92 Å². The number of hydrogen-bond donors (Lipinski definition) is 1. The summed E-state index contributed by atoms with van der Waals surface area (Å²) in [7, 11) is -3.70. The third kappa shape index (κ3) is 5.35. The van der Waals surface area contributed by atoms with Crippen LogP contribution in [0.1, 0.15) is 12.5 Å². The molecule has 1 atom stereocenters. The number of fused-ring (bicyclic) bond motifs is 1. The van der Waals surface area contributed by atoms with Crippen molar-refractivity contribution in [3.8, 4) is 11.3 Å². The Kier molecular flexibility index (Phi) is 7.07. The molecular formula is C25H25F3N6O3S. The number of anilines is 1. The number of nitrogens with zero attached hydrogens (tertiary/aromatic N) is 5. The normalized spacial score (nSPS) is 16.5. The zero-order valence-corrected chi connectivity index (χ0v) is 21.2. The van der Waals surface area contributed by atoms with Crippen molar-refractivity contribution in [2.24, 2.45) is 0 Å². The van der Waals surface area contributed by atoms with Crippen LogP contribution in [0.5, 0.6) is 0 Å². The summed E-state index contributed by atoms with van der Waals surface area (Å²) >= 11 is 0. The lowest BCUT2D eigenvalue weighted by molar-refractivity contribution is -0.136. The lowest BCUT2D eigenvalue weighted by Crippen LogP contribution is -2.50. The number of aromatic nitrogens is 3. The number of rotatable bonds is 7. The molecule has 0 bridgehead atoms. The smallest absolute Gasteiger partial charge is 0.418 e. The Hall–Kier alpha value is -3.55. The molecule has 1 aliphatic heterocycles. The summed E-state index contributed by atoms with van der Waals surface area (Å²) in [5.74, 6) is 0.806. The number of benzene rings is 2. The number of hydrogen-bond acceptors (Lipinski definition) is 8. The van der Waals surface area contributed by atoms with Crippen molar-refractivity contribution in [2.75, 3.05) is 38.0 Å². The Morgan fingerprint density at radius 1 is 1.08 bits per heavy atom. The van der Waals surface area contributed by atoms with E-state index in [1.165, 1.54) is 23.0 Å². The van der Waals surface area contributed by atoms with Crippen LogP contribution < -0.4 is 5.32 Å². The van der Waals surface area contributed by atoms with Gasteiger partial charge in [0.2, 0.25) is 10.0 Å². The molecule has 1 unspecified atom stereocenters. The van der Waals surface area contributed by atoms with Crippen LogP contribution in [0.25, 0.3) is 22.2 Å². The van der Waals surface area contributed by atoms with E-state index in [-0.39, 0.29) is 21.8 Å². The fraction of sp³-hybridized carbons (Fsp3) is 0.320. The second-order valence-corrected chi connectivity index (χ2v) is 11.0. The first-order valence-corrected chi connectivity index (χ1v) is 13.4.